The lowest BCUT2D eigenvalue weighted by molar-refractivity contribution is 0.101. The van der Waals surface area contributed by atoms with E-state index in [1.54, 1.807) is 37.3 Å². The zero-order valence-corrected chi connectivity index (χ0v) is 10.4. The fourth-order valence-electron chi connectivity index (χ4n) is 0.945. The Morgan fingerprint density at radius 2 is 2.07 bits per heavy atom. The molecule has 0 amide bonds. The molecular weight excluding hydrogens is 258 g/mol. The van der Waals surface area contributed by atoms with Gasteiger partial charge in [-0.25, -0.2) is 0 Å². The standard InChI is InChI=1S/C10H12BrN3O/c1-7(15)8-4-5-10(9(11)6-8)12-13-14(2)3/h4-6H,1-3H3. The highest BCUT2D eigenvalue weighted by Crippen LogP contribution is 2.26. The summed E-state index contributed by atoms with van der Waals surface area (Å²) in [6, 6.07) is 5.23. The van der Waals surface area contributed by atoms with Gasteiger partial charge in [-0.15, -0.1) is 5.11 Å². The van der Waals surface area contributed by atoms with Crippen LogP contribution in [0.5, 0.6) is 0 Å². The minimum absolute atomic E-state index is 0.0341. The largest absolute Gasteiger partial charge is 0.295 e. The summed E-state index contributed by atoms with van der Waals surface area (Å²) in [5.74, 6) is 0.0341. The molecule has 0 aliphatic carbocycles. The van der Waals surface area contributed by atoms with Crippen molar-refractivity contribution in [3.05, 3.63) is 28.2 Å². The lowest BCUT2D eigenvalue weighted by Crippen LogP contribution is -1.99. The number of benzene rings is 1. The molecule has 0 aromatic heterocycles. The maximum Gasteiger partial charge on any atom is 0.159 e. The second-order valence-corrected chi connectivity index (χ2v) is 4.11. The maximum absolute atomic E-state index is 11.1. The lowest BCUT2D eigenvalue weighted by atomic mass is 10.1. The zero-order chi connectivity index (χ0) is 11.4. The van der Waals surface area contributed by atoms with Gasteiger partial charge in [-0.05, 0) is 41.1 Å². The highest BCUT2D eigenvalue weighted by atomic mass is 79.9. The summed E-state index contributed by atoms with van der Waals surface area (Å²) in [6.45, 7) is 1.53. The smallest absolute Gasteiger partial charge is 0.159 e. The molecule has 80 valence electrons. The molecule has 1 aromatic rings. The Kier molecular flexibility index (Phi) is 3.96. The van der Waals surface area contributed by atoms with E-state index in [2.05, 4.69) is 26.3 Å². The highest BCUT2D eigenvalue weighted by molar-refractivity contribution is 9.10. The van der Waals surface area contributed by atoms with Crippen LogP contribution >= 0.6 is 15.9 Å². The van der Waals surface area contributed by atoms with Gasteiger partial charge in [-0.3, -0.25) is 9.80 Å². The van der Waals surface area contributed by atoms with Crippen molar-refractivity contribution >= 4 is 27.4 Å². The summed E-state index contributed by atoms with van der Waals surface area (Å²) >= 11 is 3.34. The summed E-state index contributed by atoms with van der Waals surface area (Å²) in [5, 5.41) is 9.47. The molecule has 0 heterocycles. The number of ketones is 1. The normalized spacial score (nSPS) is 10.7. The Bertz CT molecular complexity index is 402. The lowest BCUT2D eigenvalue weighted by Gasteiger charge is -2.03. The van der Waals surface area contributed by atoms with E-state index in [1.807, 2.05) is 0 Å². The number of Topliss-reactive ketones (excluding diaryl/α,β-unsaturated/α-hetero) is 1. The van der Waals surface area contributed by atoms with Crippen molar-refractivity contribution in [1.29, 1.82) is 0 Å². The van der Waals surface area contributed by atoms with Gasteiger partial charge in [0.2, 0.25) is 0 Å². The summed E-state index contributed by atoms with van der Waals surface area (Å²) in [4.78, 5) is 11.1. The molecule has 15 heavy (non-hydrogen) atoms. The number of hydrogen-bond acceptors (Lipinski definition) is 3. The Balaban J connectivity index is 2.98. The molecule has 4 nitrogen and oxygen atoms in total. The molecule has 0 radical (unpaired) electrons. The van der Waals surface area contributed by atoms with Crippen molar-refractivity contribution in [1.82, 2.24) is 5.01 Å². The second-order valence-electron chi connectivity index (χ2n) is 3.26. The van der Waals surface area contributed by atoms with Gasteiger partial charge in [0.15, 0.2) is 5.78 Å². The van der Waals surface area contributed by atoms with E-state index in [1.165, 1.54) is 6.92 Å². The fourth-order valence-corrected chi connectivity index (χ4v) is 1.40. The van der Waals surface area contributed by atoms with Gasteiger partial charge in [-0.2, -0.15) is 0 Å². The second kappa shape index (κ2) is 5.02. The molecule has 0 unspecified atom stereocenters. The summed E-state index contributed by atoms with van der Waals surface area (Å²) in [7, 11) is 3.59. The summed E-state index contributed by atoms with van der Waals surface area (Å²) < 4.78 is 0.765. The van der Waals surface area contributed by atoms with Crippen molar-refractivity contribution < 1.29 is 4.79 Å². The summed E-state index contributed by atoms with van der Waals surface area (Å²) in [6.07, 6.45) is 0. The van der Waals surface area contributed by atoms with E-state index in [4.69, 9.17) is 0 Å². The number of carbonyl (C=O) groups excluding carboxylic acids is 1. The molecule has 0 bridgehead atoms. The summed E-state index contributed by atoms with van der Waals surface area (Å²) in [5.41, 5.74) is 1.36. The Morgan fingerprint density at radius 3 is 2.53 bits per heavy atom. The molecule has 0 N–H and O–H groups in total. The quantitative estimate of drug-likeness (QED) is 0.481. The van der Waals surface area contributed by atoms with E-state index in [9.17, 15) is 4.79 Å². The highest BCUT2D eigenvalue weighted by Gasteiger charge is 2.03. The van der Waals surface area contributed by atoms with E-state index in [0.717, 1.165) is 4.47 Å². The van der Waals surface area contributed by atoms with Crippen LogP contribution in [0.3, 0.4) is 0 Å². The van der Waals surface area contributed by atoms with Crippen LogP contribution in [0.2, 0.25) is 0 Å². The van der Waals surface area contributed by atoms with Crippen LogP contribution in [0.4, 0.5) is 5.69 Å². The SMILES string of the molecule is CC(=O)c1ccc(N=NN(C)C)c(Br)c1. The predicted molar refractivity (Wildman–Crippen MR) is 62.3 cm³/mol. The monoisotopic (exact) mass is 269 g/mol. The van der Waals surface area contributed by atoms with Crippen LogP contribution in [0.15, 0.2) is 33.0 Å². The van der Waals surface area contributed by atoms with Gasteiger partial charge >= 0.3 is 0 Å². The third-order valence-corrected chi connectivity index (χ3v) is 2.32. The molecule has 0 spiro atoms. The number of nitrogens with zero attached hydrogens (tertiary/aromatic N) is 3. The van der Waals surface area contributed by atoms with Crippen molar-refractivity contribution in [2.75, 3.05) is 14.1 Å². The minimum Gasteiger partial charge on any atom is -0.295 e. The van der Waals surface area contributed by atoms with Crippen LogP contribution in [0.1, 0.15) is 17.3 Å². The molecule has 1 aromatic carbocycles. The molecular formula is C10H12BrN3O. The van der Waals surface area contributed by atoms with Gasteiger partial charge < -0.3 is 0 Å². The fraction of sp³-hybridized carbons (Fsp3) is 0.300. The predicted octanol–water partition coefficient (Wildman–Crippen LogP) is 3.21. The first-order chi connectivity index (χ1) is 7.00. The molecule has 0 fully saturated rings. The van der Waals surface area contributed by atoms with Crippen molar-refractivity contribution in [2.24, 2.45) is 10.3 Å². The Hall–Kier alpha value is -1.23. The Labute approximate surface area is 97.1 Å². The van der Waals surface area contributed by atoms with E-state index < -0.39 is 0 Å². The molecule has 0 saturated heterocycles. The van der Waals surface area contributed by atoms with E-state index in [0.29, 0.717) is 11.3 Å². The molecule has 0 aliphatic rings. The van der Waals surface area contributed by atoms with Crippen molar-refractivity contribution in [2.45, 2.75) is 6.92 Å². The van der Waals surface area contributed by atoms with Crippen molar-refractivity contribution in [3.8, 4) is 0 Å². The molecule has 0 aliphatic heterocycles. The number of halogens is 1. The molecule has 5 heteroatoms. The molecule has 0 saturated carbocycles. The van der Waals surface area contributed by atoms with Gasteiger partial charge in [0, 0.05) is 24.1 Å². The van der Waals surface area contributed by atoms with E-state index >= 15 is 0 Å². The van der Waals surface area contributed by atoms with Crippen LogP contribution in [0, 0.1) is 0 Å². The first-order valence-corrected chi connectivity index (χ1v) is 5.19. The zero-order valence-electron chi connectivity index (χ0n) is 8.86. The van der Waals surface area contributed by atoms with Crippen molar-refractivity contribution in [3.63, 3.8) is 0 Å². The number of hydrogen-bond donors (Lipinski definition) is 0. The number of carbonyl (C=O) groups is 1. The topological polar surface area (TPSA) is 45.0 Å². The average Bonchev–Trinajstić information content (AvgIpc) is 2.15. The number of rotatable bonds is 3. The van der Waals surface area contributed by atoms with Gasteiger partial charge in [-0.1, -0.05) is 5.22 Å². The van der Waals surface area contributed by atoms with Crippen LogP contribution in [-0.2, 0) is 0 Å². The maximum atomic E-state index is 11.1. The van der Waals surface area contributed by atoms with Crippen LogP contribution in [-0.4, -0.2) is 24.9 Å². The average molecular weight is 270 g/mol. The molecule has 1 rings (SSSR count). The van der Waals surface area contributed by atoms with Gasteiger partial charge in [0.1, 0.15) is 5.69 Å². The third kappa shape index (κ3) is 3.43. The van der Waals surface area contributed by atoms with Gasteiger partial charge in [0.25, 0.3) is 0 Å². The first kappa shape index (κ1) is 11.8. The van der Waals surface area contributed by atoms with E-state index in [-0.39, 0.29) is 5.78 Å². The van der Waals surface area contributed by atoms with Crippen LogP contribution in [0.25, 0.3) is 0 Å². The minimum atomic E-state index is 0.0341. The van der Waals surface area contributed by atoms with Crippen LogP contribution < -0.4 is 0 Å². The first-order valence-electron chi connectivity index (χ1n) is 4.40. The van der Waals surface area contributed by atoms with Gasteiger partial charge in [0.05, 0.1) is 0 Å². The third-order valence-electron chi connectivity index (χ3n) is 1.69. The Morgan fingerprint density at radius 1 is 1.40 bits per heavy atom. The molecule has 0 atom stereocenters.